The van der Waals surface area contributed by atoms with Crippen LogP contribution in [-0.2, 0) is 0 Å². The highest BCUT2D eigenvalue weighted by molar-refractivity contribution is 7.71. The Hall–Kier alpha value is -1.06. The van der Waals surface area contributed by atoms with Crippen molar-refractivity contribution in [2.45, 2.75) is 6.92 Å². The second-order valence-corrected chi connectivity index (χ2v) is 3.86. The first-order valence-corrected chi connectivity index (χ1v) is 4.99. The fraction of sp³-hybridized carbons (Fsp3) is 0.100. The van der Waals surface area contributed by atoms with Crippen LogP contribution in [0.3, 0.4) is 0 Å². The number of nitrogens with one attached hydrogen (secondary N) is 1. The molecular formula is C10H9ClN2S. The van der Waals surface area contributed by atoms with Gasteiger partial charge in [-0.25, -0.2) is 0 Å². The van der Waals surface area contributed by atoms with E-state index >= 15 is 0 Å². The van der Waals surface area contributed by atoms with E-state index in [1.54, 1.807) is 6.20 Å². The summed E-state index contributed by atoms with van der Waals surface area (Å²) in [6, 6.07) is 5.87. The van der Waals surface area contributed by atoms with Crippen LogP contribution < -0.4 is 0 Å². The van der Waals surface area contributed by atoms with Gasteiger partial charge in [0.15, 0.2) is 4.77 Å². The minimum Gasteiger partial charge on any atom is -0.337 e. The maximum Gasteiger partial charge on any atom is 0.181 e. The average Bonchev–Trinajstić information content (AvgIpc) is 2.57. The Bertz CT molecular complexity index is 513. The molecule has 0 aliphatic rings. The first-order valence-electron chi connectivity index (χ1n) is 4.21. The van der Waals surface area contributed by atoms with Crippen LogP contribution in [0.4, 0.5) is 0 Å². The summed E-state index contributed by atoms with van der Waals surface area (Å²) in [4.78, 5) is 2.94. The molecule has 4 heteroatoms. The van der Waals surface area contributed by atoms with Gasteiger partial charge in [0.25, 0.3) is 0 Å². The van der Waals surface area contributed by atoms with Crippen molar-refractivity contribution < 1.29 is 0 Å². The van der Waals surface area contributed by atoms with Crippen molar-refractivity contribution in [1.29, 1.82) is 0 Å². The number of H-pyrrole nitrogens is 1. The molecule has 0 atom stereocenters. The van der Waals surface area contributed by atoms with Gasteiger partial charge in [0, 0.05) is 23.1 Å². The smallest absolute Gasteiger partial charge is 0.181 e. The Balaban J connectivity index is 2.59. The summed E-state index contributed by atoms with van der Waals surface area (Å²) in [5, 5.41) is 0.755. The molecule has 0 bridgehead atoms. The van der Waals surface area contributed by atoms with Crippen molar-refractivity contribution in [2.24, 2.45) is 0 Å². The van der Waals surface area contributed by atoms with Gasteiger partial charge in [0.05, 0.1) is 0 Å². The van der Waals surface area contributed by atoms with Crippen molar-refractivity contribution in [3.63, 3.8) is 0 Å². The van der Waals surface area contributed by atoms with E-state index < -0.39 is 0 Å². The lowest BCUT2D eigenvalue weighted by atomic mass is 10.2. The van der Waals surface area contributed by atoms with Crippen molar-refractivity contribution in [3.8, 4) is 5.69 Å². The Morgan fingerprint density at radius 2 is 2.21 bits per heavy atom. The predicted octanol–water partition coefficient (Wildman–Crippen LogP) is 3.50. The van der Waals surface area contributed by atoms with Crippen LogP contribution in [-0.4, -0.2) is 9.55 Å². The molecule has 0 amide bonds. The van der Waals surface area contributed by atoms with Crippen LogP contribution in [0.2, 0.25) is 5.02 Å². The largest absolute Gasteiger partial charge is 0.337 e. The maximum absolute atomic E-state index is 6.03. The van der Waals surface area contributed by atoms with Gasteiger partial charge in [-0.2, -0.15) is 0 Å². The van der Waals surface area contributed by atoms with E-state index in [0.29, 0.717) is 4.77 Å². The van der Waals surface area contributed by atoms with E-state index in [-0.39, 0.29) is 0 Å². The number of benzene rings is 1. The second-order valence-electron chi connectivity index (χ2n) is 3.07. The third kappa shape index (κ3) is 1.61. The van der Waals surface area contributed by atoms with Gasteiger partial charge >= 0.3 is 0 Å². The lowest BCUT2D eigenvalue weighted by Crippen LogP contribution is -1.92. The normalized spacial score (nSPS) is 10.4. The van der Waals surface area contributed by atoms with E-state index in [1.165, 1.54) is 0 Å². The minimum atomic E-state index is 0.671. The van der Waals surface area contributed by atoms with Crippen LogP contribution in [0.1, 0.15) is 5.56 Å². The zero-order valence-electron chi connectivity index (χ0n) is 7.62. The summed E-state index contributed by atoms with van der Waals surface area (Å²) in [5.74, 6) is 0. The van der Waals surface area contributed by atoms with E-state index in [4.69, 9.17) is 23.8 Å². The molecule has 0 saturated carbocycles. The first kappa shape index (κ1) is 9.49. The fourth-order valence-corrected chi connectivity index (χ4v) is 1.66. The molecule has 2 aromatic rings. The number of halogens is 1. The molecule has 0 aliphatic carbocycles. The Morgan fingerprint density at radius 1 is 1.43 bits per heavy atom. The fourth-order valence-electron chi connectivity index (χ4n) is 1.26. The van der Waals surface area contributed by atoms with Crippen molar-refractivity contribution in [1.82, 2.24) is 9.55 Å². The zero-order valence-corrected chi connectivity index (χ0v) is 9.19. The molecule has 0 unspecified atom stereocenters. The lowest BCUT2D eigenvalue weighted by Gasteiger charge is -2.04. The van der Waals surface area contributed by atoms with Gasteiger partial charge in [-0.3, -0.25) is 4.57 Å². The van der Waals surface area contributed by atoms with Crippen molar-refractivity contribution >= 4 is 23.8 Å². The van der Waals surface area contributed by atoms with Gasteiger partial charge in [-0.15, -0.1) is 0 Å². The molecule has 0 radical (unpaired) electrons. The van der Waals surface area contributed by atoms with Crippen LogP contribution in [0.15, 0.2) is 30.6 Å². The third-order valence-corrected chi connectivity index (χ3v) is 2.80. The number of aromatic nitrogens is 2. The number of rotatable bonds is 1. The predicted molar refractivity (Wildman–Crippen MR) is 60.7 cm³/mol. The van der Waals surface area contributed by atoms with Crippen molar-refractivity contribution in [2.75, 3.05) is 0 Å². The summed E-state index contributed by atoms with van der Waals surface area (Å²) >= 11 is 11.1. The Morgan fingerprint density at radius 3 is 2.79 bits per heavy atom. The van der Waals surface area contributed by atoms with Crippen LogP contribution >= 0.6 is 23.8 Å². The standard InChI is InChI=1S/C10H9ClN2S/c1-7-2-3-8(6-9(7)11)13-5-4-12-10(13)14/h2-6H,1H3,(H,12,14). The second kappa shape index (κ2) is 3.59. The molecule has 0 aliphatic heterocycles. The quantitative estimate of drug-likeness (QED) is 0.736. The zero-order chi connectivity index (χ0) is 10.1. The van der Waals surface area contributed by atoms with E-state index in [2.05, 4.69) is 4.98 Å². The summed E-state index contributed by atoms with van der Waals surface area (Å²) in [7, 11) is 0. The number of hydrogen-bond acceptors (Lipinski definition) is 1. The van der Waals surface area contributed by atoms with Gasteiger partial charge in [0.1, 0.15) is 0 Å². The highest BCUT2D eigenvalue weighted by Crippen LogP contribution is 2.19. The number of hydrogen-bond donors (Lipinski definition) is 1. The molecule has 0 saturated heterocycles. The molecule has 1 aromatic carbocycles. The maximum atomic E-state index is 6.03. The molecule has 1 heterocycles. The van der Waals surface area contributed by atoms with Gasteiger partial charge in [0.2, 0.25) is 0 Å². The molecule has 2 nitrogen and oxygen atoms in total. The summed E-state index contributed by atoms with van der Waals surface area (Å²) in [5.41, 5.74) is 2.05. The van der Waals surface area contributed by atoms with E-state index in [0.717, 1.165) is 16.3 Å². The lowest BCUT2D eigenvalue weighted by molar-refractivity contribution is 1.03. The average molecular weight is 225 g/mol. The molecule has 14 heavy (non-hydrogen) atoms. The highest BCUT2D eigenvalue weighted by Gasteiger charge is 2.00. The monoisotopic (exact) mass is 224 g/mol. The summed E-state index contributed by atoms with van der Waals surface area (Å²) < 4.78 is 2.55. The van der Waals surface area contributed by atoms with Crippen LogP contribution in [0, 0.1) is 11.7 Å². The topological polar surface area (TPSA) is 20.7 Å². The Labute approximate surface area is 92.2 Å². The molecule has 2 rings (SSSR count). The highest BCUT2D eigenvalue weighted by atomic mass is 35.5. The van der Waals surface area contributed by atoms with Crippen molar-refractivity contribution in [3.05, 3.63) is 45.9 Å². The molecule has 0 fully saturated rings. The Kier molecular flexibility index (Phi) is 2.44. The van der Waals surface area contributed by atoms with Crippen LogP contribution in [0.5, 0.6) is 0 Å². The summed E-state index contributed by atoms with van der Waals surface area (Å²) in [6.07, 6.45) is 3.68. The molecule has 72 valence electrons. The first-order chi connectivity index (χ1) is 6.68. The molecule has 1 aromatic heterocycles. The van der Waals surface area contributed by atoms with E-state index in [9.17, 15) is 0 Å². The van der Waals surface area contributed by atoms with Crippen LogP contribution in [0.25, 0.3) is 5.69 Å². The van der Waals surface area contributed by atoms with Gasteiger partial charge < -0.3 is 4.98 Å². The number of nitrogens with zero attached hydrogens (tertiary/aromatic N) is 1. The SMILES string of the molecule is Cc1ccc(-n2cc[nH]c2=S)cc1Cl. The van der Waals surface area contributed by atoms with Gasteiger partial charge in [-0.05, 0) is 36.8 Å². The number of aromatic amines is 1. The third-order valence-electron chi connectivity index (χ3n) is 2.08. The molecule has 0 spiro atoms. The molecular weight excluding hydrogens is 216 g/mol. The number of imidazole rings is 1. The molecule has 1 N–H and O–H groups in total. The summed E-state index contributed by atoms with van der Waals surface area (Å²) in [6.45, 7) is 1.97. The van der Waals surface area contributed by atoms with Gasteiger partial charge in [-0.1, -0.05) is 17.7 Å². The number of aryl methyl sites for hydroxylation is 1. The van der Waals surface area contributed by atoms with E-state index in [1.807, 2.05) is 35.9 Å². The minimum absolute atomic E-state index is 0.671.